The second-order valence-corrected chi connectivity index (χ2v) is 5.14. The minimum absolute atomic E-state index is 0.00324. The van der Waals surface area contributed by atoms with Crippen LogP contribution in [0, 0.1) is 11.7 Å². The van der Waals surface area contributed by atoms with Gasteiger partial charge in [-0.25, -0.2) is 4.39 Å². The van der Waals surface area contributed by atoms with Crippen LogP contribution in [0.5, 0.6) is 0 Å². The molecule has 0 radical (unpaired) electrons. The molecule has 4 nitrogen and oxygen atoms in total. The maximum atomic E-state index is 12.9. The Balaban J connectivity index is 1.68. The van der Waals surface area contributed by atoms with Gasteiger partial charge in [-0.2, -0.15) is 5.10 Å². The zero-order valence-electron chi connectivity index (χ0n) is 11.5. The lowest BCUT2D eigenvalue weighted by atomic mass is 9.94. The van der Waals surface area contributed by atoms with Gasteiger partial charge in [-0.3, -0.25) is 9.89 Å². The van der Waals surface area contributed by atoms with Crippen molar-refractivity contribution in [3.05, 3.63) is 48.3 Å². The second-order valence-electron chi connectivity index (χ2n) is 5.14. The first-order valence-electron chi connectivity index (χ1n) is 6.99. The zero-order chi connectivity index (χ0) is 14.7. The number of nitrogens with zero attached hydrogens (tertiary/aromatic N) is 1. The third-order valence-electron chi connectivity index (χ3n) is 3.62. The molecule has 1 aliphatic carbocycles. The number of halogens is 1. The van der Waals surface area contributed by atoms with Crippen LogP contribution in [0.2, 0.25) is 0 Å². The van der Waals surface area contributed by atoms with Gasteiger partial charge in [0.1, 0.15) is 5.82 Å². The molecule has 0 fully saturated rings. The molecule has 0 saturated carbocycles. The van der Waals surface area contributed by atoms with Crippen LogP contribution >= 0.6 is 0 Å². The third-order valence-corrected chi connectivity index (χ3v) is 3.62. The highest BCUT2D eigenvalue weighted by Gasteiger charge is 2.19. The van der Waals surface area contributed by atoms with Crippen molar-refractivity contribution in [2.75, 3.05) is 5.32 Å². The van der Waals surface area contributed by atoms with Gasteiger partial charge in [-0.1, -0.05) is 12.2 Å². The van der Waals surface area contributed by atoms with Crippen LogP contribution in [0.25, 0.3) is 11.3 Å². The molecule has 108 valence electrons. The Morgan fingerprint density at radius 1 is 1.29 bits per heavy atom. The van der Waals surface area contributed by atoms with E-state index in [1.807, 2.05) is 6.08 Å². The van der Waals surface area contributed by atoms with Crippen molar-refractivity contribution in [2.45, 2.75) is 19.3 Å². The number of nitrogens with one attached hydrogen (secondary N) is 2. The molecular weight excluding hydrogens is 269 g/mol. The summed E-state index contributed by atoms with van der Waals surface area (Å²) in [5.74, 6) is 0.225. The van der Waals surface area contributed by atoms with Gasteiger partial charge >= 0.3 is 0 Å². The lowest BCUT2D eigenvalue weighted by Gasteiger charge is -2.15. The molecule has 2 N–H and O–H groups in total. The number of H-pyrrole nitrogens is 1. The van der Waals surface area contributed by atoms with Crippen molar-refractivity contribution >= 4 is 11.7 Å². The molecule has 0 aliphatic heterocycles. The highest BCUT2D eigenvalue weighted by atomic mass is 19.1. The Hall–Kier alpha value is -2.43. The summed E-state index contributed by atoms with van der Waals surface area (Å²) >= 11 is 0. The van der Waals surface area contributed by atoms with Crippen molar-refractivity contribution in [3.63, 3.8) is 0 Å². The average Bonchev–Trinajstić information content (AvgIpc) is 2.97. The highest BCUT2D eigenvalue weighted by molar-refractivity contribution is 5.92. The molecule has 1 aromatic heterocycles. The monoisotopic (exact) mass is 285 g/mol. The Labute approximate surface area is 122 Å². The van der Waals surface area contributed by atoms with E-state index in [-0.39, 0.29) is 17.6 Å². The molecule has 5 heteroatoms. The van der Waals surface area contributed by atoms with Crippen molar-refractivity contribution in [1.82, 2.24) is 10.2 Å². The van der Waals surface area contributed by atoms with E-state index >= 15 is 0 Å². The molecule has 1 aliphatic rings. The molecule has 0 spiro atoms. The minimum Gasteiger partial charge on any atom is -0.309 e. The molecular formula is C16H16FN3O. The molecule has 1 heterocycles. The van der Waals surface area contributed by atoms with E-state index in [0.29, 0.717) is 5.82 Å². The summed E-state index contributed by atoms with van der Waals surface area (Å²) in [4.78, 5) is 12.1. The number of rotatable bonds is 3. The topological polar surface area (TPSA) is 57.8 Å². The number of anilines is 1. The van der Waals surface area contributed by atoms with E-state index in [1.165, 1.54) is 12.1 Å². The molecule has 1 unspecified atom stereocenters. The Kier molecular flexibility index (Phi) is 3.81. The summed E-state index contributed by atoms with van der Waals surface area (Å²) in [6.45, 7) is 0. The first kappa shape index (κ1) is 13.5. The van der Waals surface area contributed by atoms with Gasteiger partial charge in [0.05, 0.1) is 5.69 Å². The summed E-state index contributed by atoms with van der Waals surface area (Å²) in [5, 5.41) is 9.75. The maximum absolute atomic E-state index is 12.9. The first-order valence-corrected chi connectivity index (χ1v) is 6.99. The normalized spacial score (nSPS) is 17.7. The molecule has 3 rings (SSSR count). The van der Waals surface area contributed by atoms with Crippen LogP contribution in [0.15, 0.2) is 42.5 Å². The van der Waals surface area contributed by atoms with Crippen LogP contribution < -0.4 is 5.32 Å². The largest absolute Gasteiger partial charge is 0.309 e. The highest BCUT2D eigenvalue weighted by Crippen LogP contribution is 2.22. The van der Waals surface area contributed by atoms with Crippen LogP contribution in [-0.2, 0) is 4.79 Å². The molecule has 2 aromatic rings. The van der Waals surface area contributed by atoms with Crippen molar-refractivity contribution in [3.8, 4) is 11.3 Å². The van der Waals surface area contributed by atoms with Gasteiger partial charge in [0.2, 0.25) is 5.91 Å². The number of carbonyl (C=O) groups is 1. The minimum atomic E-state index is -0.280. The fourth-order valence-electron chi connectivity index (χ4n) is 2.42. The van der Waals surface area contributed by atoms with E-state index in [4.69, 9.17) is 0 Å². The Morgan fingerprint density at radius 3 is 2.81 bits per heavy atom. The number of aromatic amines is 1. The second kappa shape index (κ2) is 5.91. The number of allylic oxidation sites excluding steroid dienone is 2. The number of hydrogen-bond acceptors (Lipinski definition) is 2. The molecule has 1 aromatic carbocycles. The number of carbonyl (C=O) groups excluding carboxylic acids is 1. The number of amides is 1. The van der Waals surface area contributed by atoms with E-state index in [2.05, 4.69) is 21.6 Å². The first-order chi connectivity index (χ1) is 10.2. The molecule has 0 saturated heterocycles. The van der Waals surface area contributed by atoms with E-state index in [9.17, 15) is 9.18 Å². The predicted molar refractivity (Wildman–Crippen MR) is 79.1 cm³/mol. The van der Waals surface area contributed by atoms with Gasteiger partial charge < -0.3 is 5.32 Å². The van der Waals surface area contributed by atoms with Crippen LogP contribution in [0.1, 0.15) is 19.3 Å². The van der Waals surface area contributed by atoms with Gasteiger partial charge in [-0.05, 0) is 49.1 Å². The SMILES string of the molecule is O=C(Nc1cc(-c2ccc(F)cc2)[nH]n1)C1CC=CCC1. The number of hydrogen-bond donors (Lipinski definition) is 2. The van der Waals surface area contributed by atoms with Gasteiger partial charge in [0.25, 0.3) is 0 Å². The van der Waals surface area contributed by atoms with E-state index < -0.39 is 0 Å². The van der Waals surface area contributed by atoms with Crippen LogP contribution in [0.3, 0.4) is 0 Å². The van der Waals surface area contributed by atoms with Crippen molar-refractivity contribution in [1.29, 1.82) is 0 Å². The molecule has 21 heavy (non-hydrogen) atoms. The maximum Gasteiger partial charge on any atom is 0.229 e. The van der Waals surface area contributed by atoms with Gasteiger partial charge in [0.15, 0.2) is 5.82 Å². The summed E-state index contributed by atoms with van der Waals surface area (Å²) in [5.41, 5.74) is 1.57. The lowest BCUT2D eigenvalue weighted by molar-refractivity contribution is -0.120. The summed E-state index contributed by atoms with van der Waals surface area (Å²) in [7, 11) is 0. The van der Waals surface area contributed by atoms with Gasteiger partial charge in [-0.15, -0.1) is 0 Å². The number of aromatic nitrogens is 2. The van der Waals surface area contributed by atoms with Crippen molar-refractivity contribution < 1.29 is 9.18 Å². The summed E-state index contributed by atoms with van der Waals surface area (Å²) in [6.07, 6.45) is 6.74. The third kappa shape index (κ3) is 3.18. The lowest BCUT2D eigenvalue weighted by Crippen LogP contribution is -2.23. The molecule has 1 amide bonds. The van der Waals surface area contributed by atoms with E-state index in [0.717, 1.165) is 30.5 Å². The van der Waals surface area contributed by atoms with Crippen molar-refractivity contribution in [2.24, 2.45) is 5.92 Å². The Morgan fingerprint density at radius 2 is 2.10 bits per heavy atom. The average molecular weight is 285 g/mol. The van der Waals surface area contributed by atoms with Crippen LogP contribution in [0.4, 0.5) is 10.2 Å². The molecule has 1 atom stereocenters. The van der Waals surface area contributed by atoms with E-state index in [1.54, 1.807) is 18.2 Å². The fraction of sp³-hybridized carbons (Fsp3) is 0.250. The smallest absolute Gasteiger partial charge is 0.229 e. The van der Waals surface area contributed by atoms with Gasteiger partial charge in [0, 0.05) is 12.0 Å². The Bertz CT molecular complexity index is 660. The quantitative estimate of drug-likeness (QED) is 0.848. The summed E-state index contributed by atoms with van der Waals surface area (Å²) < 4.78 is 12.9. The predicted octanol–water partition coefficient (Wildman–Crippen LogP) is 3.51. The van der Waals surface area contributed by atoms with Crippen LogP contribution in [-0.4, -0.2) is 16.1 Å². The zero-order valence-corrected chi connectivity index (χ0v) is 11.5. The molecule has 0 bridgehead atoms. The number of benzene rings is 1. The fourth-order valence-corrected chi connectivity index (χ4v) is 2.42. The summed E-state index contributed by atoms with van der Waals surface area (Å²) in [6, 6.07) is 7.87. The standard InChI is InChI=1S/C16H16FN3O/c17-13-8-6-11(7-9-13)14-10-15(20-19-14)18-16(21)12-4-2-1-3-5-12/h1-2,6-10,12H,3-5H2,(H2,18,19,20,21).